The van der Waals surface area contributed by atoms with Crippen molar-refractivity contribution in [2.45, 2.75) is 6.54 Å². The van der Waals surface area contributed by atoms with E-state index in [0.717, 1.165) is 5.56 Å². The first-order chi connectivity index (χ1) is 8.31. The van der Waals surface area contributed by atoms with E-state index in [9.17, 15) is 0 Å². The Balaban J connectivity index is 2.43. The highest BCUT2D eigenvalue weighted by Gasteiger charge is 2.06. The van der Waals surface area contributed by atoms with Gasteiger partial charge in [0.05, 0.1) is 24.1 Å². The first-order valence-electron chi connectivity index (χ1n) is 4.99. The molecule has 0 aliphatic carbocycles. The highest BCUT2D eigenvalue weighted by molar-refractivity contribution is 5.71. The second-order valence-corrected chi connectivity index (χ2v) is 3.35. The fraction of sp³-hybridized carbons (Fsp3) is 0.0909. The number of rotatable bonds is 3. The van der Waals surface area contributed by atoms with Crippen molar-refractivity contribution in [3.8, 4) is 11.3 Å². The molecule has 2 aromatic rings. The Morgan fingerprint density at radius 1 is 1.29 bits per heavy atom. The molecular weight excluding hydrogens is 216 g/mol. The van der Waals surface area contributed by atoms with Crippen LogP contribution in [0.5, 0.6) is 0 Å². The molecule has 0 amide bonds. The minimum atomic E-state index is 0.122. The molecule has 0 spiro atoms. The van der Waals surface area contributed by atoms with Crippen LogP contribution in [0.4, 0.5) is 5.69 Å². The fourth-order valence-corrected chi connectivity index (χ4v) is 1.43. The Morgan fingerprint density at radius 2 is 2.06 bits per heavy atom. The van der Waals surface area contributed by atoms with Crippen LogP contribution in [0.2, 0.25) is 0 Å². The fourth-order valence-electron chi connectivity index (χ4n) is 1.43. The molecule has 0 fully saturated rings. The van der Waals surface area contributed by atoms with Gasteiger partial charge in [-0.1, -0.05) is 35.4 Å². The van der Waals surface area contributed by atoms with Crippen molar-refractivity contribution < 1.29 is 0 Å². The van der Waals surface area contributed by atoms with Gasteiger partial charge < -0.3 is 5.73 Å². The van der Waals surface area contributed by atoms with Gasteiger partial charge in [-0.2, -0.15) is 0 Å². The summed E-state index contributed by atoms with van der Waals surface area (Å²) in [5.74, 6) is 0.454. The van der Waals surface area contributed by atoms with Gasteiger partial charge in [0.2, 0.25) is 0 Å². The summed E-state index contributed by atoms with van der Waals surface area (Å²) in [6.45, 7) is 0.122. The number of aromatic nitrogens is 2. The monoisotopic (exact) mass is 226 g/mol. The van der Waals surface area contributed by atoms with Crippen LogP contribution in [0.1, 0.15) is 5.82 Å². The summed E-state index contributed by atoms with van der Waals surface area (Å²) < 4.78 is 0. The molecule has 6 heteroatoms. The lowest BCUT2D eigenvalue weighted by atomic mass is 10.1. The van der Waals surface area contributed by atoms with Gasteiger partial charge in [-0.3, -0.25) is 0 Å². The molecule has 2 N–H and O–H groups in total. The van der Waals surface area contributed by atoms with Crippen molar-refractivity contribution >= 4 is 5.69 Å². The lowest BCUT2D eigenvalue weighted by molar-refractivity contribution is 0.905. The second-order valence-electron chi connectivity index (χ2n) is 3.35. The highest BCUT2D eigenvalue weighted by atomic mass is 15.1. The van der Waals surface area contributed by atoms with Gasteiger partial charge in [0.15, 0.2) is 0 Å². The summed E-state index contributed by atoms with van der Waals surface area (Å²) in [6.07, 6.45) is 1.53. The molecule has 2 rings (SSSR count). The number of nitrogens with zero attached hydrogens (tertiary/aromatic N) is 5. The van der Waals surface area contributed by atoms with Crippen LogP contribution >= 0.6 is 0 Å². The van der Waals surface area contributed by atoms with E-state index in [1.54, 1.807) is 0 Å². The number of hydrogen-bond acceptors (Lipinski definition) is 4. The van der Waals surface area contributed by atoms with Crippen molar-refractivity contribution in [3.63, 3.8) is 0 Å². The minimum absolute atomic E-state index is 0.122. The van der Waals surface area contributed by atoms with Crippen LogP contribution < -0.4 is 5.73 Å². The minimum Gasteiger partial charge on any atom is -0.396 e. The first-order valence-corrected chi connectivity index (χ1v) is 4.99. The third kappa shape index (κ3) is 2.50. The average molecular weight is 226 g/mol. The van der Waals surface area contributed by atoms with Crippen LogP contribution in [-0.2, 0) is 6.54 Å². The number of benzene rings is 1. The van der Waals surface area contributed by atoms with Crippen molar-refractivity contribution in [2.75, 3.05) is 5.73 Å². The van der Waals surface area contributed by atoms with Crippen LogP contribution in [-0.4, -0.2) is 9.97 Å². The zero-order chi connectivity index (χ0) is 12.1. The Kier molecular flexibility index (Phi) is 3.18. The van der Waals surface area contributed by atoms with Gasteiger partial charge in [0.25, 0.3) is 0 Å². The Bertz CT molecular complexity index is 559. The van der Waals surface area contributed by atoms with E-state index in [1.807, 2.05) is 30.3 Å². The van der Waals surface area contributed by atoms with Gasteiger partial charge in [0.1, 0.15) is 5.82 Å². The molecule has 0 atom stereocenters. The molecule has 84 valence electrons. The van der Waals surface area contributed by atoms with E-state index in [4.69, 9.17) is 11.3 Å². The van der Waals surface area contributed by atoms with Crippen molar-refractivity contribution in [2.24, 2.45) is 5.11 Å². The van der Waals surface area contributed by atoms with Crippen LogP contribution in [0.3, 0.4) is 0 Å². The number of nitrogen functional groups attached to an aromatic ring is 1. The summed E-state index contributed by atoms with van der Waals surface area (Å²) in [5, 5.41) is 3.42. The summed E-state index contributed by atoms with van der Waals surface area (Å²) in [4.78, 5) is 10.9. The van der Waals surface area contributed by atoms with Crippen LogP contribution in [0.25, 0.3) is 21.7 Å². The Hall–Kier alpha value is -2.59. The summed E-state index contributed by atoms with van der Waals surface area (Å²) in [5.41, 5.74) is 16.1. The molecule has 0 saturated heterocycles. The van der Waals surface area contributed by atoms with Crippen molar-refractivity contribution in [1.29, 1.82) is 0 Å². The maximum absolute atomic E-state index is 8.25. The molecule has 0 saturated carbocycles. The van der Waals surface area contributed by atoms with Crippen LogP contribution in [0, 0.1) is 0 Å². The van der Waals surface area contributed by atoms with E-state index >= 15 is 0 Å². The predicted molar refractivity (Wildman–Crippen MR) is 64.7 cm³/mol. The van der Waals surface area contributed by atoms with E-state index in [1.165, 1.54) is 6.20 Å². The van der Waals surface area contributed by atoms with Gasteiger partial charge in [-0.25, -0.2) is 9.97 Å². The standard InChI is InChI=1S/C11H10N6/c12-9-6-14-10(7-15-17-13)16-11(9)8-4-2-1-3-5-8/h1-6H,7,12H2. The van der Waals surface area contributed by atoms with Gasteiger partial charge in [-0.05, 0) is 5.53 Å². The smallest absolute Gasteiger partial charge is 0.134 e. The quantitative estimate of drug-likeness (QED) is 0.494. The summed E-state index contributed by atoms with van der Waals surface area (Å²) >= 11 is 0. The van der Waals surface area contributed by atoms with Gasteiger partial charge in [0, 0.05) is 10.5 Å². The molecule has 0 radical (unpaired) electrons. The zero-order valence-corrected chi connectivity index (χ0v) is 8.98. The first kappa shape index (κ1) is 10.9. The predicted octanol–water partition coefficient (Wildman–Crippen LogP) is 2.54. The Labute approximate surface area is 97.8 Å². The third-order valence-electron chi connectivity index (χ3n) is 2.19. The van der Waals surface area contributed by atoms with Gasteiger partial charge in [-0.15, -0.1) is 0 Å². The summed E-state index contributed by atoms with van der Waals surface area (Å²) in [6, 6.07) is 9.56. The summed E-state index contributed by atoms with van der Waals surface area (Å²) in [7, 11) is 0. The molecular formula is C11H10N6. The second kappa shape index (κ2) is 4.96. The maximum Gasteiger partial charge on any atom is 0.134 e. The lowest BCUT2D eigenvalue weighted by Gasteiger charge is -2.05. The topological polar surface area (TPSA) is 101 Å². The normalized spacial score (nSPS) is 9.65. The Morgan fingerprint density at radius 3 is 2.76 bits per heavy atom. The molecule has 0 aliphatic rings. The van der Waals surface area contributed by atoms with E-state index in [0.29, 0.717) is 17.2 Å². The van der Waals surface area contributed by atoms with Crippen molar-refractivity contribution in [3.05, 3.63) is 52.8 Å². The molecule has 0 unspecified atom stereocenters. The molecule has 1 aromatic heterocycles. The van der Waals surface area contributed by atoms with Crippen molar-refractivity contribution in [1.82, 2.24) is 9.97 Å². The number of anilines is 1. The van der Waals surface area contributed by atoms with Gasteiger partial charge >= 0.3 is 0 Å². The SMILES string of the molecule is [N-]=[N+]=NCc1ncc(N)c(-c2ccccc2)n1. The van der Waals surface area contributed by atoms with E-state index in [2.05, 4.69) is 20.0 Å². The molecule has 17 heavy (non-hydrogen) atoms. The largest absolute Gasteiger partial charge is 0.396 e. The zero-order valence-electron chi connectivity index (χ0n) is 8.98. The molecule has 1 heterocycles. The maximum atomic E-state index is 8.25. The van der Waals surface area contributed by atoms with Crippen LogP contribution in [0.15, 0.2) is 41.6 Å². The third-order valence-corrected chi connectivity index (χ3v) is 2.19. The molecule has 0 aliphatic heterocycles. The molecule has 6 nitrogen and oxygen atoms in total. The molecule has 0 bridgehead atoms. The number of nitrogens with two attached hydrogens (primary N) is 1. The number of hydrogen-bond donors (Lipinski definition) is 1. The number of azide groups is 1. The van der Waals surface area contributed by atoms with E-state index < -0.39 is 0 Å². The molecule has 1 aromatic carbocycles. The van der Waals surface area contributed by atoms with E-state index in [-0.39, 0.29) is 6.54 Å². The lowest BCUT2D eigenvalue weighted by Crippen LogP contribution is -2.00. The highest BCUT2D eigenvalue weighted by Crippen LogP contribution is 2.22. The average Bonchev–Trinajstić information content (AvgIpc) is 2.39.